The van der Waals surface area contributed by atoms with Crippen molar-refractivity contribution >= 4 is 28.1 Å². The molecule has 0 spiro atoms. The molecule has 2 heterocycles. The molecule has 2 aliphatic heterocycles. The fourth-order valence-electron chi connectivity index (χ4n) is 2.02. The molecule has 7 heteroatoms. The maximum Gasteiger partial charge on any atom is 0.410 e. The van der Waals surface area contributed by atoms with E-state index >= 15 is 0 Å². The minimum absolute atomic E-state index is 0.0465. The first-order valence-corrected chi connectivity index (χ1v) is 7.75. The van der Waals surface area contributed by atoms with Gasteiger partial charge in [0.25, 0.3) is 0 Å². The number of piperidine rings is 1. The quantitative estimate of drug-likeness (QED) is 0.683. The average Bonchev–Trinajstić information content (AvgIpc) is 2.73. The van der Waals surface area contributed by atoms with Gasteiger partial charge in [-0.2, -0.15) is 0 Å². The molecule has 2 rings (SSSR count). The van der Waals surface area contributed by atoms with E-state index in [4.69, 9.17) is 14.2 Å². The van der Waals surface area contributed by atoms with Crippen molar-refractivity contribution in [2.45, 2.75) is 50.3 Å². The standard InChI is InChI=1S/C13H21BrN2O4/c1-13(2,3)20-12(17)16-6-4-9(5-7-16)18-11-15-8-10(14)19-11/h9-10H,4-8H2,1-3H3. The van der Waals surface area contributed by atoms with E-state index in [0.29, 0.717) is 25.7 Å². The normalized spacial score (nSPS) is 24.1. The van der Waals surface area contributed by atoms with Crippen LogP contribution in [-0.2, 0) is 14.2 Å². The Balaban J connectivity index is 1.74. The topological polar surface area (TPSA) is 60.4 Å². The van der Waals surface area contributed by atoms with Crippen LogP contribution in [0, 0.1) is 0 Å². The van der Waals surface area contributed by atoms with Crippen molar-refractivity contribution in [3.05, 3.63) is 0 Å². The predicted octanol–water partition coefficient (Wildman–Crippen LogP) is 2.51. The van der Waals surface area contributed by atoms with E-state index in [0.717, 1.165) is 12.8 Å². The molecule has 0 bridgehead atoms. The highest BCUT2D eigenvalue weighted by molar-refractivity contribution is 9.09. The molecule has 1 unspecified atom stereocenters. The lowest BCUT2D eigenvalue weighted by atomic mass is 10.1. The van der Waals surface area contributed by atoms with Crippen molar-refractivity contribution < 1.29 is 19.0 Å². The van der Waals surface area contributed by atoms with Gasteiger partial charge in [0.15, 0.2) is 5.01 Å². The third-order valence-corrected chi connectivity index (χ3v) is 3.43. The molecule has 6 nitrogen and oxygen atoms in total. The molecule has 0 aliphatic carbocycles. The summed E-state index contributed by atoms with van der Waals surface area (Å²) in [5, 5.41) is -0.0839. The molecule has 0 saturated carbocycles. The van der Waals surface area contributed by atoms with Gasteiger partial charge in [0, 0.05) is 25.9 Å². The van der Waals surface area contributed by atoms with E-state index in [9.17, 15) is 4.79 Å². The molecule has 0 aromatic rings. The Kier molecular flexibility index (Phi) is 4.78. The van der Waals surface area contributed by atoms with Gasteiger partial charge in [-0.1, -0.05) is 0 Å². The van der Waals surface area contributed by atoms with Gasteiger partial charge in [0.05, 0.1) is 6.54 Å². The molecule has 1 fully saturated rings. The molecule has 0 aromatic carbocycles. The highest BCUT2D eigenvalue weighted by atomic mass is 79.9. The Hall–Kier alpha value is -0.980. The monoisotopic (exact) mass is 348 g/mol. The van der Waals surface area contributed by atoms with Gasteiger partial charge < -0.3 is 19.1 Å². The third-order valence-electron chi connectivity index (χ3n) is 2.95. The summed E-state index contributed by atoms with van der Waals surface area (Å²) in [6.07, 6.45) is 1.65. The van der Waals surface area contributed by atoms with Crippen LogP contribution in [0.4, 0.5) is 4.79 Å². The number of hydrogen-bond acceptors (Lipinski definition) is 5. The molecule has 20 heavy (non-hydrogen) atoms. The number of amides is 1. The molecule has 1 atom stereocenters. The first kappa shape index (κ1) is 15.4. The second-order valence-corrected chi connectivity index (χ2v) is 6.94. The summed E-state index contributed by atoms with van der Waals surface area (Å²) in [6, 6.07) is 0. The molecular weight excluding hydrogens is 328 g/mol. The van der Waals surface area contributed by atoms with E-state index in [1.54, 1.807) is 4.90 Å². The smallest absolute Gasteiger partial charge is 0.410 e. The summed E-state index contributed by atoms with van der Waals surface area (Å²) in [7, 11) is 0. The third kappa shape index (κ3) is 4.54. The number of carbonyl (C=O) groups is 1. The van der Waals surface area contributed by atoms with Crippen LogP contribution in [0.1, 0.15) is 33.6 Å². The second kappa shape index (κ2) is 6.20. The van der Waals surface area contributed by atoms with Gasteiger partial charge in [-0.3, -0.25) is 0 Å². The highest BCUT2D eigenvalue weighted by Crippen LogP contribution is 2.20. The average molecular weight is 349 g/mol. The van der Waals surface area contributed by atoms with Crippen molar-refractivity contribution in [1.82, 2.24) is 4.90 Å². The Morgan fingerprint density at radius 2 is 2.05 bits per heavy atom. The number of alkyl halides is 1. The van der Waals surface area contributed by atoms with Crippen LogP contribution >= 0.6 is 15.9 Å². The van der Waals surface area contributed by atoms with Crippen LogP contribution < -0.4 is 0 Å². The van der Waals surface area contributed by atoms with Crippen molar-refractivity contribution in [2.75, 3.05) is 19.6 Å². The summed E-state index contributed by atoms with van der Waals surface area (Å²) in [6.45, 7) is 7.44. The van der Waals surface area contributed by atoms with Crippen LogP contribution in [0.15, 0.2) is 4.99 Å². The number of halogens is 1. The summed E-state index contributed by atoms with van der Waals surface area (Å²) in [4.78, 5) is 17.8. The molecule has 2 aliphatic rings. The van der Waals surface area contributed by atoms with Crippen molar-refractivity contribution in [3.8, 4) is 0 Å². The minimum atomic E-state index is -0.457. The van der Waals surface area contributed by atoms with Crippen molar-refractivity contribution in [1.29, 1.82) is 0 Å². The van der Waals surface area contributed by atoms with Gasteiger partial charge >= 0.3 is 12.2 Å². The summed E-state index contributed by atoms with van der Waals surface area (Å²) in [5.74, 6) is 0. The number of rotatable bonds is 1. The molecule has 1 amide bonds. The van der Waals surface area contributed by atoms with Crippen LogP contribution in [-0.4, -0.2) is 53.4 Å². The van der Waals surface area contributed by atoms with Crippen LogP contribution in [0.3, 0.4) is 0 Å². The van der Waals surface area contributed by atoms with E-state index in [2.05, 4.69) is 20.9 Å². The lowest BCUT2D eigenvalue weighted by molar-refractivity contribution is 0.00777. The largest absolute Gasteiger partial charge is 0.447 e. The summed E-state index contributed by atoms with van der Waals surface area (Å²) in [5.41, 5.74) is -0.457. The van der Waals surface area contributed by atoms with Gasteiger partial charge in [0.1, 0.15) is 11.7 Å². The number of hydrogen-bond donors (Lipinski definition) is 0. The number of aliphatic imine (C=N–C) groups is 1. The Bertz CT molecular complexity index is 386. The molecular formula is C13H21BrN2O4. The number of carbonyl (C=O) groups excluding carboxylic acids is 1. The van der Waals surface area contributed by atoms with Crippen molar-refractivity contribution in [3.63, 3.8) is 0 Å². The van der Waals surface area contributed by atoms with Gasteiger partial charge in [-0.25, -0.2) is 9.79 Å². The lowest BCUT2D eigenvalue weighted by Crippen LogP contribution is -2.43. The van der Waals surface area contributed by atoms with E-state index < -0.39 is 5.60 Å². The summed E-state index contributed by atoms with van der Waals surface area (Å²) < 4.78 is 16.4. The van der Waals surface area contributed by atoms with E-state index in [1.165, 1.54) is 0 Å². The lowest BCUT2D eigenvalue weighted by Gasteiger charge is -2.33. The second-order valence-electron chi connectivity index (χ2n) is 5.92. The van der Waals surface area contributed by atoms with Gasteiger partial charge in [0.2, 0.25) is 0 Å². The van der Waals surface area contributed by atoms with Gasteiger partial charge in [-0.05, 0) is 36.7 Å². The zero-order chi connectivity index (χ0) is 14.8. The number of ether oxygens (including phenoxy) is 3. The van der Waals surface area contributed by atoms with E-state index in [1.807, 2.05) is 20.8 Å². The van der Waals surface area contributed by atoms with Crippen LogP contribution in [0.5, 0.6) is 0 Å². The first-order valence-electron chi connectivity index (χ1n) is 6.83. The van der Waals surface area contributed by atoms with Crippen molar-refractivity contribution in [2.24, 2.45) is 4.99 Å². The van der Waals surface area contributed by atoms with Crippen LogP contribution in [0.25, 0.3) is 0 Å². The molecule has 114 valence electrons. The molecule has 0 aromatic heterocycles. The zero-order valence-electron chi connectivity index (χ0n) is 12.1. The molecule has 0 N–H and O–H groups in total. The minimum Gasteiger partial charge on any atom is -0.447 e. The zero-order valence-corrected chi connectivity index (χ0v) is 13.7. The van der Waals surface area contributed by atoms with Gasteiger partial charge in [-0.15, -0.1) is 0 Å². The fourth-order valence-corrected chi connectivity index (χ4v) is 2.33. The molecule has 0 radical (unpaired) electrons. The SMILES string of the molecule is CC(C)(C)OC(=O)N1CCC(OC2=NCC(Br)O2)CC1. The number of nitrogens with zero attached hydrogens (tertiary/aromatic N) is 2. The fraction of sp³-hybridized carbons (Fsp3) is 0.846. The predicted molar refractivity (Wildman–Crippen MR) is 78.0 cm³/mol. The highest BCUT2D eigenvalue weighted by Gasteiger charge is 2.29. The van der Waals surface area contributed by atoms with Crippen LogP contribution in [0.2, 0.25) is 0 Å². The Labute approximate surface area is 127 Å². The summed E-state index contributed by atoms with van der Waals surface area (Å²) >= 11 is 3.31. The maximum absolute atomic E-state index is 11.9. The van der Waals surface area contributed by atoms with E-state index in [-0.39, 0.29) is 17.2 Å². The maximum atomic E-state index is 11.9. The Morgan fingerprint density at radius 1 is 1.40 bits per heavy atom. The molecule has 1 saturated heterocycles. The number of likely N-dealkylation sites (tertiary alicyclic amines) is 1. The first-order chi connectivity index (χ1) is 9.33. The Morgan fingerprint density at radius 3 is 2.55 bits per heavy atom.